The van der Waals surface area contributed by atoms with Gasteiger partial charge in [-0.25, -0.2) is 4.98 Å². The molecule has 4 heterocycles. The number of rotatable bonds is 5. The van der Waals surface area contributed by atoms with Crippen LogP contribution in [0.25, 0.3) is 16.6 Å². The number of aryl methyl sites for hydroxylation is 2. The molecule has 0 spiro atoms. The zero-order valence-electron chi connectivity index (χ0n) is 21.8. The smallest absolute Gasteiger partial charge is 0.271 e. The highest BCUT2D eigenvalue weighted by atomic mass is 16.5. The first kappa shape index (κ1) is 23.7. The van der Waals surface area contributed by atoms with Crippen molar-refractivity contribution in [2.45, 2.75) is 45.6 Å². The fraction of sp³-hybridized carbons (Fsp3) is 0.367. The Balaban J connectivity index is 1.15. The number of hydrogen-bond donors (Lipinski definition) is 1. The predicted molar refractivity (Wildman–Crippen MR) is 145 cm³/mol. The third-order valence-corrected chi connectivity index (χ3v) is 8.01. The number of aromatic nitrogens is 3. The first-order chi connectivity index (χ1) is 18.0. The fourth-order valence-corrected chi connectivity index (χ4v) is 5.92. The molecule has 2 aliphatic heterocycles. The van der Waals surface area contributed by atoms with Crippen LogP contribution in [0.4, 0.5) is 0 Å². The molecule has 1 N–H and O–H groups in total. The van der Waals surface area contributed by atoms with Crippen molar-refractivity contribution in [3.05, 3.63) is 82.6 Å². The summed E-state index contributed by atoms with van der Waals surface area (Å²) in [6.07, 6.45) is 4.99. The molecule has 37 heavy (non-hydrogen) atoms. The molecule has 7 heteroatoms. The number of ether oxygens (including phenoxy) is 1. The lowest BCUT2D eigenvalue weighted by atomic mass is 9.87. The molecule has 1 saturated heterocycles. The number of fused-ring (bicyclic) bond motifs is 4. The second-order valence-electron chi connectivity index (χ2n) is 10.2. The number of nitrogens with one attached hydrogen (secondary N) is 1. The zero-order valence-corrected chi connectivity index (χ0v) is 21.8. The molecule has 6 rings (SSSR count). The average molecular weight is 496 g/mol. The van der Waals surface area contributed by atoms with Gasteiger partial charge >= 0.3 is 0 Å². The van der Waals surface area contributed by atoms with Crippen LogP contribution in [0.1, 0.15) is 57.3 Å². The van der Waals surface area contributed by atoms with Gasteiger partial charge in [-0.2, -0.15) is 0 Å². The molecule has 0 saturated carbocycles. The van der Waals surface area contributed by atoms with Gasteiger partial charge in [-0.3, -0.25) is 14.3 Å². The van der Waals surface area contributed by atoms with Crippen molar-refractivity contribution in [1.29, 1.82) is 0 Å². The van der Waals surface area contributed by atoms with Crippen molar-refractivity contribution in [3.63, 3.8) is 0 Å². The van der Waals surface area contributed by atoms with Gasteiger partial charge in [-0.05, 0) is 81.4 Å². The largest absolute Gasteiger partial charge is 0.485 e. The van der Waals surface area contributed by atoms with Crippen LogP contribution in [-0.2, 0) is 13.0 Å². The summed E-state index contributed by atoms with van der Waals surface area (Å²) < 4.78 is 8.25. The Morgan fingerprint density at radius 3 is 2.76 bits per heavy atom. The van der Waals surface area contributed by atoms with Crippen molar-refractivity contribution in [2.24, 2.45) is 0 Å². The number of carbonyl (C=O) groups is 1. The van der Waals surface area contributed by atoms with E-state index in [2.05, 4.69) is 71.5 Å². The standard InChI is InChI=1S/C30H33N5O2/c1-19-7-10-26-29(37-17-27-28(30(36)31-3)32-18-35(26)27)22(19)13-16-34-14-11-21(12-15-34)23-5-4-6-25-24(23)9-8-20(2)33-25/h4-10,18,21H,11-17H2,1-3H3,(H,31,36). The number of pyridine rings is 1. The minimum Gasteiger partial charge on any atom is -0.485 e. The summed E-state index contributed by atoms with van der Waals surface area (Å²) in [6, 6.07) is 15.1. The summed E-state index contributed by atoms with van der Waals surface area (Å²) >= 11 is 0. The van der Waals surface area contributed by atoms with E-state index in [1.807, 2.05) is 4.57 Å². The number of benzene rings is 2. The van der Waals surface area contributed by atoms with Gasteiger partial charge in [0.2, 0.25) is 0 Å². The summed E-state index contributed by atoms with van der Waals surface area (Å²) in [6.45, 7) is 7.74. The Hall–Kier alpha value is -3.71. The molecule has 0 bridgehead atoms. The van der Waals surface area contributed by atoms with Crippen LogP contribution in [0, 0.1) is 13.8 Å². The summed E-state index contributed by atoms with van der Waals surface area (Å²) in [5.74, 6) is 1.31. The van der Waals surface area contributed by atoms with E-state index in [1.165, 1.54) is 22.1 Å². The first-order valence-corrected chi connectivity index (χ1v) is 13.2. The molecule has 4 aromatic rings. The van der Waals surface area contributed by atoms with Crippen LogP contribution in [0.3, 0.4) is 0 Å². The summed E-state index contributed by atoms with van der Waals surface area (Å²) in [7, 11) is 1.62. The van der Waals surface area contributed by atoms with Crippen LogP contribution < -0.4 is 10.1 Å². The van der Waals surface area contributed by atoms with Crippen molar-refractivity contribution in [1.82, 2.24) is 24.8 Å². The number of hydrogen-bond acceptors (Lipinski definition) is 5. The van der Waals surface area contributed by atoms with E-state index in [1.54, 1.807) is 13.4 Å². The molecule has 0 aliphatic carbocycles. The third kappa shape index (κ3) is 4.27. The van der Waals surface area contributed by atoms with Crippen LogP contribution in [0.2, 0.25) is 0 Å². The maximum Gasteiger partial charge on any atom is 0.271 e. The van der Waals surface area contributed by atoms with E-state index in [9.17, 15) is 4.79 Å². The van der Waals surface area contributed by atoms with Gasteiger partial charge in [0.05, 0.1) is 16.9 Å². The van der Waals surface area contributed by atoms with Crippen LogP contribution in [-0.4, -0.2) is 52.0 Å². The van der Waals surface area contributed by atoms with Crippen molar-refractivity contribution >= 4 is 16.8 Å². The molecule has 7 nitrogen and oxygen atoms in total. The Labute approximate surface area is 217 Å². The van der Waals surface area contributed by atoms with E-state index in [4.69, 9.17) is 9.72 Å². The predicted octanol–water partition coefficient (Wildman–Crippen LogP) is 4.71. The molecule has 1 fully saturated rings. The number of imidazole rings is 1. The summed E-state index contributed by atoms with van der Waals surface area (Å²) in [5.41, 5.74) is 8.28. The lowest BCUT2D eigenvalue weighted by Crippen LogP contribution is -2.34. The molecule has 1 amide bonds. The van der Waals surface area contributed by atoms with Gasteiger partial charge in [0.25, 0.3) is 5.91 Å². The highest BCUT2D eigenvalue weighted by molar-refractivity contribution is 5.93. The topological polar surface area (TPSA) is 72.3 Å². The molecule has 2 aromatic carbocycles. The van der Waals surface area contributed by atoms with Crippen molar-refractivity contribution in [2.75, 3.05) is 26.7 Å². The Morgan fingerprint density at radius 1 is 1.11 bits per heavy atom. The molecule has 2 aromatic heterocycles. The second kappa shape index (κ2) is 9.63. The minimum absolute atomic E-state index is 0.189. The van der Waals surface area contributed by atoms with Gasteiger partial charge in [0.15, 0.2) is 5.69 Å². The van der Waals surface area contributed by atoms with E-state index in [-0.39, 0.29) is 5.91 Å². The quantitative estimate of drug-likeness (QED) is 0.434. The first-order valence-electron chi connectivity index (χ1n) is 13.2. The third-order valence-electron chi connectivity index (χ3n) is 8.01. The van der Waals surface area contributed by atoms with Gasteiger partial charge in [-0.15, -0.1) is 0 Å². The van der Waals surface area contributed by atoms with E-state index in [0.29, 0.717) is 18.2 Å². The zero-order chi connectivity index (χ0) is 25.5. The molecule has 190 valence electrons. The Morgan fingerprint density at radius 2 is 1.95 bits per heavy atom. The van der Waals surface area contributed by atoms with Gasteiger partial charge in [0.1, 0.15) is 18.7 Å². The highest BCUT2D eigenvalue weighted by Gasteiger charge is 2.27. The number of amides is 1. The second-order valence-corrected chi connectivity index (χ2v) is 10.2. The molecule has 0 radical (unpaired) electrons. The number of nitrogens with zero attached hydrogens (tertiary/aromatic N) is 4. The number of piperidine rings is 1. The lowest BCUT2D eigenvalue weighted by molar-refractivity contribution is 0.0955. The van der Waals surface area contributed by atoms with Crippen molar-refractivity contribution < 1.29 is 9.53 Å². The van der Waals surface area contributed by atoms with Crippen LogP contribution in [0.5, 0.6) is 5.75 Å². The maximum absolute atomic E-state index is 12.2. The van der Waals surface area contributed by atoms with E-state index >= 15 is 0 Å². The monoisotopic (exact) mass is 495 g/mol. The van der Waals surface area contributed by atoms with E-state index in [0.717, 1.165) is 67.2 Å². The SMILES string of the molecule is CNC(=O)c1ncn2c1COc1c-2ccc(C)c1CCN1CCC(c2cccc3nc(C)ccc23)CC1. The number of likely N-dealkylation sites (tertiary alicyclic amines) is 1. The Bertz CT molecular complexity index is 1480. The minimum atomic E-state index is -0.189. The van der Waals surface area contributed by atoms with Crippen LogP contribution in [0.15, 0.2) is 48.8 Å². The normalized spacial score (nSPS) is 15.8. The summed E-state index contributed by atoms with van der Waals surface area (Å²) in [4.78, 5) is 23.9. The Kier molecular flexibility index (Phi) is 6.16. The molecular formula is C30H33N5O2. The highest BCUT2D eigenvalue weighted by Crippen LogP contribution is 2.37. The van der Waals surface area contributed by atoms with E-state index < -0.39 is 0 Å². The van der Waals surface area contributed by atoms with Crippen molar-refractivity contribution in [3.8, 4) is 11.4 Å². The molecular weight excluding hydrogens is 462 g/mol. The van der Waals surface area contributed by atoms with Crippen LogP contribution >= 0.6 is 0 Å². The lowest BCUT2D eigenvalue weighted by Gasteiger charge is -2.33. The van der Waals surface area contributed by atoms with Gasteiger partial charge in [0, 0.05) is 30.2 Å². The molecule has 0 unspecified atom stereocenters. The average Bonchev–Trinajstić information content (AvgIpc) is 3.36. The fourth-order valence-electron chi connectivity index (χ4n) is 5.92. The van der Waals surface area contributed by atoms with Gasteiger partial charge < -0.3 is 15.0 Å². The molecule has 2 aliphatic rings. The number of carbonyl (C=O) groups excluding carboxylic acids is 1. The molecule has 0 atom stereocenters. The van der Waals surface area contributed by atoms with Gasteiger partial charge in [-0.1, -0.05) is 24.3 Å². The summed E-state index contributed by atoms with van der Waals surface area (Å²) in [5, 5.41) is 3.96. The maximum atomic E-state index is 12.2.